The van der Waals surface area contributed by atoms with Crippen LogP contribution in [0.15, 0.2) is 35.1 Å². The third-order valence-corrected chi connectivity index (χ3v) is 3.08. The Hall–Kier alpha value is -1.62. The van der Waals surface area contributed by atoms with Crippen molar-refractivity contribution in [1.82, 2.24) is 14.4 Å². The van der Waals surface area contributed by atoms with Gasteiger partial charge in [0.25, 0.3) is 0 Å². The largest absolute Gasteiger partial charge is 0.370 e. The summed E-state index contributed by atoms with van der Waals surface area (Å²) in [5.74, 6) is 0.782. The summed E-state index contributed by atoms with van der Waals surface area (Å²) in [6.07, 6.45) is 1.78. The quantitative estimate of drug-likeness (QED) is 0.743. The maximum Gasteiger partial charge on any atom is 0.181 e. The highest BCUT2D eigenvalue weighted by Crippen LogP contribution is 2.24. The molecule has 0 bridgehead atoms. The van der Waals surface area contributed by atoms with Gasteiger partial charge in [-0.2, -0.15) is 0 Å². The Labute approximate surface area is 100 Å². The minimum absolute atomic E-state index is 0.782. The molecule has 3 aromatic rings. The summed E-state index contributed by atoms with van der Waals surface area (Å²) in [7, 11) is 1.85. The van der Waals surface area contributed by atoms with E-state index >= 15 is 0 Å². The van der Waals surface area contributed by atoms with Gasteiger partial charge in [0.2, 0.25) is 0 Å². The number of rotatable bonds is 1. The zero-order valence-electron chi connectivity index (χ0n) is 8.61. The highest BCUT2D eigenvalue weighted by molar-refractivity contribution is 9.10. The molecule has 3 rings (SSSR count). The zero-order valence-corrected chi connectivity index (χ0v) is 10.2. The van der Waals surface area contributed by atoms with Crippen molar-refractivity contribution in [3.05, 3.63) is 35.1 Å². The molecule has 0 saturated heterocycles. The molecule has 0 aliphatic carbocycles. The lowest BCUT2D eigenvalue weighted by molar-refractivity contribution is 1.18. The van der Waals surface area contributed by atoms with Crippen LogP contribution in [0.5, 0.6) is 0 Å². The molecular weight excluding hydrogens is 268 g/mol. The summed E-state index contributed by atoms with van der Waals surface area (Å²) in [5, 5.41) is 3.06. The molecule has 0 unspecified atom stereocenters. The molecule has 0 radical (unpaired) electrons. The van der Waals surface area contributed by atoms with Crippen LogP contribution in [-0.2, 0) is 0 Å². The maximum absolute atomic E-state index is 4.52. The first-order valence-electron chi connectivity index (χ1n) is 4.90. The fourth-order valence-electron chi connectivity index (χ4n) is 1.81. The van der Waals surface area contributed by atoms with Crippen molar-refractivity contribution in [2.24, 2.45) is 0 Å². The van der Waals surface area contributed by atoms with E-state index in [1.165, 1.54) is 0 Å². The van der Waals surface area contributed by atoms with Crippen LogP contribution in [0, 0.1) is 0 Å². The molecular formula is C11H9BrN4. The van der Waals surface area contributed by atoms with Crippen LogP contribution in [0.3, 0.4) is 0 Å². The minimum atomic E-state index is 0.782. The Morgan fingerprint density at radius 2 is 2.12 bits per heavy atom. The number of para-hydroxylation sites is 2. The summed E-state index contributed by atoms with van der Waals surface area (Å²) in [5.41, 5.74) is 2.81. The Morgan fingerprint density at radius 3 is 2.94 bits per heavy atom. The Bertz CT molecular complexity index is 674. The van der Waals surface area contributed by atoms with E-state index in [1.807, 2.05) is 35.7 Å². The SMILES string of the molecule is CNc1nc2ccccc2n2c(Br)cnc12. The highest BCUT2D eigenvalue weighted by Gasteiger charge is 2.10. The third-order valence-electron chi connectivity index (χ3n) is 2.52. The lowest BCUT2D eigenvalue weighted by Gasteiger charge is -2.06. The number of benzene rings is 1. The van der Waals surface area contributed by atoms with Crippen LogP contribution in [0.25, 0.3) is 16.7 Å². The van der Waals surface area contributed by atoms with Gasteiger partial charge in [-0.1, -0.05) is 12.1 Å². The Balaban J connectivity index is 2.60. The molecule has 4 nitrogen and oxygen atoms in total. The van der Waals surface area contributed by atoms with Crippen LogP contribution in [-0.4, -0.2) is 21.4 Å². The number of aromatic nitrogens is 3. The van der Waals surface area contributed by atoms with E-state index in [1.54, 1.807) is 6.20 Å². The van der Waals surface area contributed by atoms with E-state index < -0.39 is 0 Å². The van der Waals surface area contributed by atoms with Crippen LogP contribution >= 0.6 is 15.9 Å². The number of imidazole rings is 1. The van der Waals surface area contributed by atoms with Gasteiger partial charge in [-0.25, -0.2) is 9.97 Å². The highest BCUT2D eigenvalue weighted by atomic mass is 79.9. The summed E-state index contributed by atoms with van der Waals surface area (Å²) >= 11 is 3.50. The van der Waals surface area contributed by atoms with Crippen molar-refractivity contribution < 1.29 is 0 Å². The predicted octanol–water partition coefficient (Wildman–Crippen LogP) is 2.69. The number of nitrogens with one attached hydrogen (secondary N) is 1. The fourth-order valence-corrected chi connectivity index (χ4v) is 2.27. The first-order chi connectivity index (χ1) is 7.81. The van der Waals surface area contributed by atoms with E-state index in [0.29, 0.717) is 0 Å². The van der Waals surface area contributed by atoms with Gasteiger partial charge in [0.1, 0.15) is 4.60 Å². The van der Waals surface area contributed by atoms with Crippen LogP contribution in [0.2, 0.25) is 0 Å². The summed E-state index contributed by atoms with van der Waals surface area (Å²) in [4.78, 5) is 8.85. The monoisotopic (exact) mass is 276 g/mol. The van der Waals surface area contributed by atoms with Gasteiger partial charge in [0.05, 0.1) is 17.2 Å². The lowest BCUT2D eigenvalue weighted by Crippen LogP contribution is -1.99. The topological polar surface area (TPSA) is 42.2 Å². The van der Waals surface area contributed by atoms with E-state index in [2.05, 4.69) is 31.2 Å². The summed E-state index contributed by atoms with van der Waals surface area (Å²) < 4.78 is 2.96. The van der Waals surface area contributed by atoms with E-state index in [-0.39, 0.29) is 0 Å². The molecule has 0 aliphatic rings. The van der Waals surface area contributed by atoms with Gasteiger partial charge in [-0.3, -0.25) is 4.40 Å². The van der Waals surface area contributed by atoms with Crippen molar-refractivity contribution in [2.75, 3.05) is 12.4 Å². The van der Waals surface area contributed by atoms with Crippen molar-refractivity contribution in [3.8, 4) is 0 Å². The Kier molecular flexibility index (Phi) is 2.07. The van der Waals surface area contributed by atoms with Crippen molar-refractivity contribution in [3.63, 3.8) is 0 Å². The number of hydrogen-bond donors (Lipinski definition) is 1. The lowest BCUT2D eigenvalue weighted by atomic mass is 10.3. The normalized spacial score (nSPS) is 11.1. The molecule has 5 heteroatoms. The smallest absolute Gasteiger partial charge is 0.181 e. The number of hydrogen-bond acceptors (Lipinski definition) is 3. The molecule has 2 aromatic heterocycles. The maximum atomic E-state index is 4.52. The molecule has 2 heterocycles. The van der Waals surface area contributed by atoms with Gasteiger partial charge in [-0.15, -0.1) is 0 Å². The summed E-state index contributed by atoms with van der Waals surface area (Å²) in [6, 6.07) is 7.99. The molecule has 1 aromatic carbocycles. The van der Waals surface area contributed by atoms with Gasteiger partial charge in [-0.05, 0) is 28.1 Å². The molecule has 80 valence electrons. The number of nitrogens with zero attached hydrogens (tertiary/aromatic N) is 3. The van der Waals surface area contributed by atoms with Crippen LogP contribution < -0.4 is 5.32 Å². The Morgan fingerprint density at radius 1 is 1.31 bits per heavy atom. The van der Waals surface area contributed by atoms with Gasteiger partial charge < -0.3 is 5.32 Å². The zero-order chi connectivity index (χ0) is 11.1. The molecule has 1 N–H and O–H groups in total. The molecule has 0 amide bonds. The fraction of sp³-hybridized carbons (Fsp3) is 0.0909. The van der Waals surface area contributed by atoms with Crippen molar-refractivity contribution in [2.45, 2.75) is 0 Å². The second-order valence-corrected chi connectivity index (χ2v) is 4.25. The molecule has 0 atom stereocenters. The molecule has 0 aliphatic heterocycles. The van der Waals surface area contributed by atoms with E-state index in [0.717, 1.165) is 27.1 Å². The molecule has 0 saturated carbocycles. The molecule has 16 heavy (non-hydrogen) atoms. The van der Waals surface area contributed by atoms with Gasteiger partial charge >= 0.3 is 0 Å². The van der Waals surface area contributed by atoms with Crippen LogP contribution in [0.1, 0.15) is 0 Å². The first kappa shape index (κ1) is 9.59. The number of halogens is 1. The standard InChI is InChI=1S/C11H9BrN4/c1-13-10-11-14-6-9(12)16(11)8-5-3-2-4-7(8)15-10/h2-6H,1H3,(H,13,15). The second-order valence-electron chi connectivity index (χ2n) is 3.44. The molecule has 0 spiro atoms. The average Bonchev–Trinajstić information content (AvgIpc) is 2.71. The number of anilines is 1. The van der Waals surface area contributed by atoms with Gasteiger partial charge in [0.15, 0.2) is 11.5 Å². The van der Waals surface area contributed by atoms with Crippen molar-refractivity contribution >= 4 is 38.4 Å². The van der Waals surface area contributed by atoms with E-state index in [9.17, 15) is 0 Å². The number of fused-ring (bicyclic) bond motifs is 3. The van der Waals surface area contributed by atoms with E-state index in [4.69, 9.17) is 0 Å². The average molecular weight is 277 g/mol. The third kappa shape index (κ3) is 1.21. The first-order valence-corrected chi connectivity index (χ1v) is 5.70. The predicted molar refractivity (Wildman–Crippen MR) is 67.7 cm³/mol. The second kappa shape index (κ2) is 3.45. The minimum Gasteiger partial charge on any atom is -0.370 e. The van der Waals surface area contributed by atoms with Crippen molar-refractivity contribution in [1.29, 1.82) is 0 Å². The summed E-state index contributed by atoms with van der Waals surface area (Å²) in [6.45, 7) is 0. The molecule has 0 fully saturated rings. The van der Waals surface area contributed by atoms with Crippen LogP contribution in [0.4, 0.5) is 5.82 Å². The van der Waals surface area contributed by atoms with Gasteiger partial charge in [0, 0.05) is 7.05 Å².